The highest BCUT2D eigenvalue weighted by Gasteiger charge is 2.32. The minimum Gasteiger partial charge on any atom is -0.314 e. The summed E-state index contributed by atoms with van der Waals surface area (Å²) in [4.78, 5) is 0. The first kappa shape index (κ1) is 15.2. The normalized spacial score (nSPS) is 27.9. The van der Waals surface area contributed by atoms with Crippen LogP contribution in [0, 0.1) is 5.92 Å². The molecule has 2 fully saturated rings. The van der Waals surface area contributed by atoms with Crippen molar-refractivity contribution in [2.45, 2.75) is 38.6 Å². The number of hydrogen-bond acceptors (Lipinski definition) is 3. The molecule has 1 N–H and O–H groups in total. The Morgan fingerprint density at radius 2 is 1.94 bits per heavy atom. The minimum absolute atomic E-state index is 0. The fourth-order valence-corrected chi connectivity index (χ4v) is 4.92. The lowest BCUT2D eigenvalue weighted by Gasteiger charge is -2.33. The van der Waals surface area contributed by atoms with Crippen LogP contribution < -0.4 is 5.32 Å². The van der Waals surface area contributed by atoms with Crippen LogP contribution in [0.15, 0.2) is 0 Å². The lowest BCUT2D eigenvalue weighted by molar-refractivity contribution is 0.282. The maximum atomic E-state index is 12.3. The monoisotopic (exact) mass is 282 g/mol. The molecular formula is C11H23ClN2O2S. The Morgan fingerprint density at radius 3 is 2.53 bits per heavy atom. The first-order chi connectivity index (χ1) is 7.59. The molecule has 1 heterocycles. The molecule has 17 heavy (non-hydrogen) atoms. The summed E-state index contributed by atoms with van der Waals surface area (Å²) in [5.41, 5.74) is 0. The van der Waals surface area contributed by atoms with Crippen molar-refractivity contribution in [2.24, 2.45) is 5.92 Å². The lowest BCUT2D eigenvalue weighted by atomic mass is 10.1. The molecule has 102 valence electrons. The van der Waals surface area contributed by atoms with Crippen LogP contribution >= 0.6 is 12.4 Å². The zero-order valence-corrected chi connectivity index (χ0v) is 12.0. The Bertz CT molecular complexity index is 328. The molecule has 0 spiro atoms. The van der Waals surface area contributed by atoms with Crippen molar-refractivity contribution in [2.75, 3.05) is 25.4 Å². The van der Waals surface area contributed by atoms with Crippen molar-refractivity contribution >= 4 is 22.4 Å². The maximum Gasteiger partial charge on any atom is 0.214 e. The first-order valence-corrected chi connectivity index (χ1v) is 7.91. The molecule has 1 saturated heterocycles. The molecule has 0 aromatic rings. The molecule has 0 radical (unpaired) electrons. The van der Waals surface area contributed by atoms with E-state index >= 15 is 0 Å². The summed E-state index contributed by atoms with van der Waals surface area (Å²) >= 11 is 0. The molecule has 6 heteroatoms. The van der Waals surface area contributed by atoms with Crippen LogP contribution in [0.3, 0.4) is 0 Å². The van der Waals surface area contributed by atoms with E-state index in [0.29, 0.717) is 18.2 Å². The van der Waals surface area contributed by atoms with Gasteiger partial charge in [-0.3, -0.25) is 0 Å². The van der Waals surface area contributed by atoms with E-state index in [4.69, 9.17) is 0 Å². The molecule has 0 aromatic carbocycles. The number of nitrogens with zero attached hydrogens (tertiary/aromatic N) is 1. The molecule has 1 saturated carbocycles. The van der Waals surface area contributed by atoms with Gasteiger partial charge in [0.05, 0.1) is 5.75 Å². The number of hydrogen-bond donors (Lipinski definition) is 1. The molecule has 0 aromatic heterocycles. The Kier molecular flexibility index (Phi) is 5.70. The van der Waals surface area contributed by atoms with E-state index in [-0.39, 0.29) is 18.4 Å². The smallest absolute Gasteiger partial charge is 0.214 e. The molecular weight excluding hydrogens is 260 g/mol. The highest BCUT2D eigenvalue weighted by atomic mass is 35.5. The number of rotatable bonds is 3. The van der Waals surface area contributed by atoms with Crippen molar-refractivity contribution in [1.82, 2.24) is 9.62 Å². The summed E-state index contributed by atoms with van der Waals surface area (Å²) in [6.45, 7) is 4.19. The van der Waals surface area contributed by atoms with E-state index in [1.54, 1.807) is 4.31 Å². The number of sulfonamides is 1. The lowest BCUT2D eigenvalue weighted by Crippen LogP contribution is -2.53. The second-order valence-electron chi connectivity index (χ2n) is 5.09. The third-order valence-electron chi connectivity index (χ3n) is 3.72. The zero-order chi connectivity index (χ0) is 11.6. The van der Waals surface area contributed by atoms with Gasteiger partial charge in [-0.25, -0.2) is 8.42 Å². The predicted molar refractivity (Wildman–Crippen MR) is 72.0 cm³/mol. The van der Waals surface area contributed by atoms with Gasteiger partial charge in [0.1, 0.15) is 0 Å². The third-order valence-corrected chi connectivity index (χ3v) is 5.87. The fourth-order valence-electron chi connectivity index (χ4n) is 2.81. The van der Waals surface area contributed by atoms with Gasteiger partial charge in [0.2, 0.25) is 10.0 Å². The zero-order valence-electron chi connectivity index (χ0n) is 10.4. The van der Waals surface area contributed by atoms with Gasteiger partial charge in [-0.2, -0.15) is 4.31 Å². The van der Waals surface area contributed by atoms with Crippen molar-refractivity contribution in [3.8, 4) is 0 Å². The average molecular weight is 283 g/mol. The number of nitrogens with one attached hydrogen (secondary N) is 1. The van der Waals surface area contributed by atoms with E-state index in [9.17, 15) is 8.42 Å². The van der Waals surface area contributed by atoms with Crippen LogP contribution in [0.25, 0.3) is 0 Å². The Hall–Kier alpha value is 0.160. The Morgan fingerprint density at radius 1 is 1.29 bits per heavy atom. The van der Waals surface area contributed by atoms with Crippen LogP contribution in [-0.2, 0) is 10.0 Å². The third kappa shape index (κ3) is 3.81. The first-order valence-electron chi connectivity index (χ1n) is 6.30. The number of piperazine rings is 1. The van der Waals surface area contributed by atoms with E-state index in [0.717, 1.165) is 25.9 Å². The van der Waals surface area contributed by atoms with Crippen molar-refractivity contribution < 1.29 is 8.42 Å². The van der Waals surface area contributed by atoms with Crippen LogP contribution in [0.1, 0.15) is 32.6 Å². The standard InChI is InChI=1S/C11H22N2O2S.ClH/c1-10-8-12-6-7-13(10)16(14,15)9-11-4-2-3-5-11;/h10-12H,2-9H2,1H3;1H. The molecule has 0 amide bonds. The second kappa shape index (κ2) is 6.36. The van der Waals surface area contributed by atoms with Crippen LogP contribution in [0.2, 0.25) is 0 Å². The van der Waals surface area contributed by atoms with E-state index in [1.165, 1.54) is 12.8 Å². The van der Waals surface area contributed by atoms with Crippen molar-refractivity contribution in [1.29, 1.82) is 0 Å². The molecule has 2 aliphatic rings. The Labute approximate surface area is 111 Å². The molecule has 1 aliphatic carbocycles. The topological polar surface area (TPSA) is 49.4 Å². The van der Waals surface area contributed by atoms with Gasteiger partial charge < -0.3 is 5.32 Å². The van der Waals surface area contributed by atoms with Crippen molar-refractivity contribution in [3.05, 3.63) is 0 Å². The van der Waals surface area contributed by atoms with Gasteiger partial charge >= 0.3 is 0 Å². The summed E-state index contributed by atoms with van der Waals surface area (Å²) in [7, 11) is -3.02. The summed E-state index contributed by atoms with van der Waals surface area (Å²) in [6.07, 6.45) is 4.61. The average Bonchev–Trinajstić information content (AvgIpc) is 2.70. The predicted octanol–water partition coefficient (Wildman–Crippen LogP) is 1.22. The van der Waals surface area contributed by atoms with Gasteiger partial charge in [0.15, 0.2) is 0 Å². The fraction of sp³-hybridized carbons (Fsp3) is 1.00. The molecule has 2 rings (SSSR count). The Balaban J connectivity index is 0.00000144. The largest absolute Gasteiger partial charge is 0.314 e. The van der Waals surface area contributed by atoms with Gasteiger partial charge in [0.25, 0.3) is 0 Å². The van der Waals surface area contributed by atoms with Gasteiger partial charge in [-0.05, 0) is 25.7 Å². The van der Waals surface area contributed by atoms with Gasteiger partial charge in [-0.15, -0.1) is 12.4 Å². The highest BCUT2D eigenvalue weighted by Crippen LogP contribution is 2.27. The van der Waals surface area contributed by atoms with Crippen LogP contribution in [0.4, 0.5) is 0 Å². The maximum absolute atomic E-state index is 12.3. The van der Waals surface area contributed by atoms with E-state index in [2.05, 4.69) is 5.32 Å². The second-order valence-corrected chi connectivity index (χ2v) is 7.06. The van der Waals surface area contributed by atoms with Crippen LogP contribution in [-0.4, -0.2) is 44.2 Å². The summed E-state index contributed by atoms with van der Waals surface area (Å²) in [5, 5.41) is 3.22. The molecule has 1 unspecified atom stereocenters. The van der Waals surface area contributed by atoms with Crippen molar-refractivity contribution in [3.63, 3.8) is 0 Å². The SMILES string of the molecule is CC1CNCCN1S(=O)(=O)CC1CCCC1.Cl. The molecule has 1 aliphatic heterocycles. The van der Waals surface area contributed by atoms with E-state index in [1.807, 2.05) is 6.92 Å². The molecule has 4 nitrogen and oxygen atoms in total. The number of halogens is 1. The molecule has 0 bridgehead atoms. The van der Waals surface area contributed by atoms with Gasteiger partial charge in [-0.1, -0.05) is 12.8 Å². The minimum atomic E-state index is -3.02. The summed E-state index contributed by atoms with van der Waals surface area (Å²) in [5.74, 6) is 0.782. The summed E-state index contributed by atoms with van der Waals surface area (Å²) < 4.78 is 26.2. The molecule has 1 atom stereocenters. The van der Waals surface area contributed by atoms with Gasteiger partial charge in [0, 0.05) is 25.7 Å². The quantitative estimate of drug-likeness (QED) is 0.847. The highest BCUT2D eigenvalue weighted by molar-refractivity contribution is 7.89. The van der Waals surface area contributed by atoms with E-state index < -0.39 is 10.0 Å². The summed E-state index contributed by atoms with van der Waals surface area (Å²) in [6, 6.07) is 0.111. The van der Waals surface area contributed by atoms with Crippen LogP contribution in [0.5, 0.6) is 0 Å².